The minimum Gasteiger partial charge on any atom is -0.508 e. The second-order valence-electron chi connectivity index (χ2n) is 5.11. The summed E-state index contributed by atoms with van der Waals surface area (Å²) in [6.07, 6.45) is 0. The third-order valence-corrected chi connectivity index (χ3v) is 3.70. The van der Waals surface area contributed by atoms with Crippen LogP contribution in [0.3, 0.4) is 0 Å². The predicted molar refractivity (Wildman–Crippen MR) is 88.9 cm³/mol. The Bertz CT molecular complexity index is 824. The first-order valence-corrected chi connectivity index (χ1v) is 7.09. The molecule has 0 aliphatic rings. The number of methoxy groups -OCH3 is 1. The highest BCUT2D eigenvalue weighted by atomic mass is 16.5. The highest BCUT2D eigenvalue weighted by Gasteiger charge is 2.20. The molecule has 0 amide bonds. The van der Waals surface area contributed by atoms with Crippen LogP contribution in [0.15, 0.2) is 60.7 Å². The van der Waals surface area contributed by atoms with Crippen LogP contribution in [-0.4, -0.2) is 22.4 Å². The van der Waals surface area contributed by atoms with E-state index in [0.29, 0.717) is 22.4 Å². The molecule has 4 nitrogen and oxygen atoms in total. The summed E-state index contributed by atoms with van der Waals surface area (Å²) in [6, 6.07) is 17.2. The minimum absolute atomic E-state index is 0.130. The molecule has 0 aliphatic heterocycles. The molecule has 0 fully saturated rings. The number of rotatable bonds is 3. The van der Waals surface area contributed by atoms with Gasteiger partial charge in [0.1, 0.15) is 11.5 Å². The van der Waals surface area contributed by atoms with Gasteiger partial charge in [-0.1, -0.05) is 42.5 Å². The van der Waals surface area contributed by atoms with E-state index in [1.54, 1.807) is 18.2 Å². The van der Waals surface area contributed by atoms with Crippen LogP contribution in [-0.2, 0) is 0 Å². The van der Waals surface area contributed by atoms with Gasteiger partial charge in [-0.15, -0.1) is 0 Å². The third-order valence-electron chi connectivity index (χ3n) is 3.70. The molecule has 0 saturated heterocycles. The molecule has 3 rings (SSSR count). The lowest BCUT2D eigenvalue weighted by atomic mass is 9.96. The molecule has 0 spiro atoms. The molecule has 3 aromatic carbocycles. The fourth-order valence-corrected chi connectivity index (χ4v) is 2.54. The second kappa shape index (κ2) is 5.93. The molecule has 116 valence electrons. The van der Waals surface area contributed by atoms with Crippen LogP contribution in [0, 0.1) is 0 Å². The Balaban J connectivity index is 2.22. The van der Waals surface area contributed by atoms with Gasteiger partial charge < -0.3 is 20.1 Å². The second-order valence-corrected chi connectivity index (χ2v) is 5.11. The van der Waals surface area contributed by atoms with E-state index in [0.717, 1.165) is 5.56 Å². The Morgan fingerprint density at radius 1 is 0.739 bits per heavy atom. The van der Waals surface area contributed by atoms with Crippen molar-refractivity contribution in [3.05, 3.63) is 60.7 Å². The monoisotopic (exact) mass is 308 g/mol. The van der Waals surface area contributed by atoms with Crippen molar-refractivity contribution in [1.82, 2.24) is 0 Å². The summed E-state index contributed by atoms with van der Waals surface area (Å²) in [4.78, 5) is 0. The molecule has 0 aromatic heterocycles. The lowest BCUT2D eigenvalue weighted by Gasteiger charge is -2.15. The van der Waals surface area contributed by atoms with Crippen molar-refractivity contribution in [1.29, 1.82) is 0 Å². The van der Waals surface area contributed by atoms with Gasteiger partial charge >= 0.3 is 0 Å². The SMILES string of the molecule is COc1cc(-c2ccc(O)cc2)c(O)c(O)c1-c1ccccc1. The fourth-order valence-electron chi connectivity index (χ4n) is 2.54. The van der Waals surface area contributed by atoms with Gasteiger partial charge in [0.2, 0.25) is 0 Å². The van der Waals surface area contributed by atoms with Gasteiger partial charge in [-0.05, 0) is 29.3 Å². The van der Waals surface area contributed by atoms with Crippen LogP contribution in [0.4, 0.5) is 0 Å². The maximum Gasteiger partial charge on any atom is 0.169 e. The van der Waals surface area contributed by atoms with Crippen LogP contribution in [0.2, 0.25) is 0 Å². The largest absolute Gasteiger partial charge is 0.508 e. The molecule has 0 unspecified atom stereocenters. The summed E-state index contributed by atoms with van der Waals surface area (Å²) in [5, 5.41) is 30.3. The van der Waals surface area contributed by atoms with Gasteiger partial charge in [-0.3, -0.25) is 0 Å². The topological polar surface area (TPSA) is 69.9 Å². The number of hydrogen-bond donors (Lipinski definition) is 3. The van der Waals surface area contributed by atoms with Crippen LogP contribution < -0.4 is 4.74 Å². The lowest BCUT2D eigenvalue weighted by Crippen LogP contribution is -1.91. The Hall–Kier alpha value is -3.14. The van der Waals surface area contributed by atoms with Gasteiger partial charge in [0.15, 0.2) is 11.5 Å². The number of phenolic OH excluding ortho intramolecular Hbond substituents is 3. The maximum absolute atomic E-state index is 10.5. The molecule has 4 heteroatoms. The first kappa shape index (κ1) is 14.8. The van der Waals surface area contributed by atoms with Crippen molar-refractivity contribution in [3.63, 3.8) is 0 Å². The minimum atomic E-state index is -0.237. The predicted octanol–water partition coefficient (Wildman–Crippen LogP) is 4.15. The number of hydrogen-bond acceptors (Lipinski definition) is 4. The Labute approximate surface area is 133 Å². The molecule has 0 bridgehead atoms. The van der Waals surface area contributed by atoms with Crippen molar-refractivity contribution in [2.75, 3.05) is 7.11 Å². The quantitative estimate of drug-likeness (QED) is 0.636. The number of ether oxygens (including phenoxy) is 1. The van der Waals surface area contributed by atoms with E-state index < -0.39 is 0 Å². The summed E-state index contributed by atoms with van der Waals surface area (Å²) in [5.74, 6) is 0.119. The molecule has 0 aliphatic carbocycles. The summed E-state index contributed by atoms with van der Waals surface area (Å²) in [7, 11) is 1.51. The molecule has 23 heavy (non-hydrogen) atoms. The van der Waals surface area contributed by atoms with Crippen molar-refractivity contribution < 1.29 is 20.1 Å². The molecule has 0 saturated carbocycles. The van der Waals surface area contributed by atoms with Crippen LogP contribution >= 0.6 is 0 Å². The van der Waals surface area contributed by atoms with E-state index in [4.69, 9.17) is 4.74 Å². The lowest BCUT2D eigenvalue weighted by molar-refractivity contribution is 0.390. The molecule has 3 N–H and O–H groups in total. The van der Waals surface area contributed by atoms with Crippen molar-refractivity contribution >= 4 is 0 Å². The van der Waals surface area contributed by atoms with Gasteiger partial charge in [-0.25, -0.2) is 0 Å². The highest BCUT2D eigenvalue weighted by Crippen LogP contribution is 2.48. The van der Waals surface area contributed by atoms with E-state index >= 15 is 0 Å². The molecular weight excluding hydrogens is 292 g/mol. The van der Waals surface area contributed by atoms with Crippen LogP contribution in [0.1, 0.15) is 0 Å². The zero-order valence-corrected chi connectivity index (χ0v) is 12.5. The average Bonchev–Trinajstić information content (AvgIpc) is 2.59. The summed E-state index contributed by atoms with van der Waals surface area (Å²) in [6.45, 7) is 0. The maximum atomic E-state index is 10.5. The summed E-state index contributed by atoms with van der Waals surface area (Å²) >= 11 is 0. The van der Waals surface area contributed by atoms with Crippen molar-refractivity contribution in [2.45, 2.75) is 0 Å². The Morgan fingerprint density at radius 3 is 2.00 bits per heavy atom. The first-order chi connectivity index (χ1) is 11.1. The van der Waals surface area contributed by atoms with Gasteiger partial charge in [0, 0.05) is 5.56 Å². The van der Waals surface area contributed by atoms with Crippen molar-refractivity contribution in [3.8, 4) is 45.3 Å². The molecular formula is C19H16O4. The van der Waals surface area contributed by atoms with E-state index in [2.05, 4.69) is 0 Å². The Kier molecular flexibility index (Phi) is 3.81. The molecule has 0 atom stereocenters. The number of phenols is 3. The highest BCUT2D eigenvalue weighted by molar-refractivity contribution is 5.87. The van der Waals surface area contributed by atoms with E-state index in [-0.39, 0.29) is 17.2 Å². The van der Waals surface area contributed by atoms with E-state index in [1.165, 1.54) is 19.2 Å². The zero-order chi connectivity index (χ0) is 16.4. The molecule has 0 radical (unpaired) electrons. The summed E-state index contributed by atoms with van der Waals surface area (Å²) < 4.78 is 5.40. The number of aromatic hydroxyl groups is 3. The van der Waals surface area contributed by atoms with Gasteiger partial charge in [0.25, 0.3) is 0 Å². The zero-order valence-electron chi connectivity index (χ0n) is 12.5. The van der Waals surface area contributed by atoms with Gasteiger partial charge in [0.05, 0.1) is 12.7 Å². The standard InChI is InChI=1S/C19H16O4/c1-23-16-11-15(12-7-9-14(20)10-8-12)18(21)19(22)17(16)13-5-3-2-4-6-13/h2-11,20-22H,1H3. The van der Waals surface area contributed by atoms with E-state index in [9.17, 15) is 15.3 Å². The smallest absolute Gasteiger partial charge is 0.169 e. The molecule has 3 aromatic rings. The molecule has 0 heterocycles. The Morgan fingerprint density at radius 2 is 1.39 bits per heavy atom. The van der Waals surface area contributed by atoms with Gasteiger partial charge in [-0.2, -0.15) is 0 Å². The van der Waals surface area contributed by atoms with Crippen molar-refractivity contribution in [2.24, 2.45) is 0 Å². The number of benzene rings is 3. The summed E-state index contributed by atoms with van der Waals surface area (Å²) in [5.41, 5.74) is 2.27. The van der Waals surface area contributed by atoms with Crippen LogP contribution in [0.25, 0.3) is 22.3 Å². The van der Waals surface area contributed by atoms with E-state index in [1.807, 2.05) is 30.3 Å². The van der Waals surface area contributed by atoms with Crippen LogP contribution in [0.5, 0.6) is 23.0 Å². The average molecular weight is 308 g/mol. The normalized spacial score (nSPS) is 10.5. The fraction of sp³-hybridized carbons (Fsp3) is 0.0526. The third kappa shape index (κ3) is 2.66. The first-order valence-electron chi connectivity index (χ1n) is 7.09.